The Morgan fingerprint density at radius 2 is 1.60 bits per heavy atom. The smallest absolute Gasteiger partial charge is 0.258 e. The highest BCUT2D eigenvalue weighted by Gasteiger charge is 2.18. The number of piperidine rings is 1. The normalized spacial score (nSPS) is 15.6. The molecule has 5 nitrogen and oxygen atoms in total. The van der Waals surface area contributed by atoms with E-state index in [9.17, 15) is 4.79 Å². The summed E-state index contributed by atoms with van der Waals surface area (Å²) < 4.78 is 11.3. The van der Waals surface area contributed by atoms with Crippen LogP contribution in [0.1, 0.15) is 12.8 Å². The maximum Gasteiger partial charge on any atom is 0.258 e. The van der Waals surface area contributed by atoms with E-state index in [4.69, 9.17) is 9.47 Å². The molecule has 1 N–H and O–H groups in total. The van der Waals surface area contributed by atoms with Crippen molar-refractivity contribution in [1.29, 1.82) is 0 Å². The van der Waals surface area contributed by atoms with Crippen LogP contribution in [-0.2, 0) is 4.79 Å². The molecule has 0 bridgehead atoms. The molecule has 0 saturated carbocycles. The third-order valence-corrected chi connectivity index (χ3v) is 4.26. The molecule has 1 amide bonds. The summed E-state index contributed by atoms with van der Waals surface area (Å²) in [6.45, 7) is 2.08. The molecule has 1 heterocycles. The van der Waals surface area contributed by atoms with Crippen molar-refractivity contribution in [2.24, 2.45) is 0 Å². The van der Waals surface area contributed by atoms with Crippen LogP contribution in [0.15, 0.2) is 54.6 Å². The van der Waals surface area contributed by atoms with E-state index in [1.54, 1.807) is 12.1 Å². The topological polar surface area (TPSA) is 50.8 Å². The maximum absolute atomic E-state index is 12.0. The lowest BCUT2D eigenvalue weighted by atomic mass is 10.1. The fourth-order valence-corrected chi connectivity index (χ4v) is 2.80. The number of benzene rings is 2. The number of ether oxygens (including phenoxy) is 2. The number of amides is 1. The zero-order valence-electron chi connectivity index (χ0n) is 14.5. The molecule has 25 heavy (non-hydrogen) atoms. The molecule has 2 aromatic carbocycles. The fourth-order valence-electron chi connectivity index (χ4n) is 2.80. The average molecular weight is 340 g/mol. The molecule has 5 heteroatoms. The quantitative estimate of drug-likeness (QED) is 0.878. The Labute approximate surface area is 148 Å². The van der Waals surface area contributed by atoms with Crippen LogP contribution in [0.2, 0.25) is 0 Å². The summed E-state index contributed by atoms with van der Waals surface area (Å²) in [5, 5.41) is 3.04. The molecule has 0 spiro atoms. The first-order valence-corrected chi connectivity index (χ1v) is 8.63. The van der Waals surface area contributed by atoms with E-state index in [-0.39, 0.29) is 18.6 Å². The average Bonchev–Trinajstić information content (AvgIpc) is 2.64. The van der Waals surface area contributed by atoms with Crippen LogP contribution in [0.3, 0.4) is 0 Å². The van der Waals surface area contributed by atoms with Crippen molar-refractivity contribution in [2.75, 3.05) is 26.7 Å². The van der Waals surface area contributed by atoms with Crippen LogP contribution in [0, 0.1) is 0 Å². The summed E-state index contributed by atoms with van der Waals surface area (Å²) >= 11 is 0. The van der Waals surface area contributed by atoms with Crippen LogP contribution in [0.4, 0.5) is 0 Å². The largest absolute Gasteiger partial charge is 0.484 e. The molecule has 0 radical (unpaired) electrons. The number of nitrogens with one attached hydrogen (secondary N) is 1. The second kappa shape index (κ2) is 8.53. The third-order valence-electron chi connectivity index (χ3n) is 4.26. The third kappa shape index (κ3) is 5.50. The van der Waals surface area contributed by atoms with Crippen molar-refractivity contribution < 1.29 is 14.3 Å². The lowest BCUT2D eigenvalue weighted by Gasteiger charge is -2.29. The van der Waals surface area contributed by atoms with Gasteiger partial charge in [0.2, 0.25) is 0 Å². The minimum absolute atomic E-state index is 0.0330. The van der Waals surface area contributed by atoms with E-state index in [0.29, 0.717) is 5.75 Å². The Kier molecular flexibility index (Phi) is 5.90. The molecule has 0 aromatic heterocycles. The zero-order chi connectivity index (χ0) is 17.5. The number of nitrogens with zero attached hydrogens (tertiary/aromatic N) is 1. The summed E-state index contributed by atoms with van der Waals surface area (Å²) in [7, 11) is 2.10. The molecule has 1 aliphatic heterocycles. The highest BCUT2D eigenvalue weighted by Crippen LogP contribution is 2.23. The summed E-state index contributed by atoms with van der Waals surface area (Å²) in [6, 6.07) is 17.1. The van der Waals surface area contributed by atoms with Crippen LogP contribution in [0.5, 0.6) is 17.2 Å². The minimum Gasteiger partial charge on any atom is -0.484 e. The molecule has 3 rings (SSSR count). The van der Waals surface area contributed by atoms with Crippen LogP contribution >= 0.6 is 0 Å². The van der Waals surface area contributed by atoms with E-state index >= 15 is 0 Å². The van der Waals surface area contributed by atoms with Gasteiger partial charge in [0, 0.05) is 6.04 Å². The minimum atomic E-state index is -0.0702. The van der Waals surface area contributed by atoms with Crippen molar-refractivity contribution in [3.63, 3.8) is 0 Å². The van der Waals surface area contributed by atoms with E-state index in [1.165, 1.54) is 0 Å². The van der Waals surface area contributed by atoms with Crippen molar-refractivity contribution in [2.45, 2.75) is 18.9 Å². The molecule has 132 valence electrons. The number of para-hydroxylation sites is 1. The number of hydrogen-bond donors (Lipinski definition) is 1. The van der Waals surface area contributed by atoms with Gasteiger partial charge in [-0.15, -0.1) is 0 Å². The second-order valence-electron chi connectivity index (χ2n) is 6.32. The van der Waals surface area contributed by atoms with Gasteiger partial charge < -0.3 is 19.7 Å². The van der Waals surface area contributed by atoms with E-state index < -0.39 is 0 Å². The first kappa shape index (κ1) is 17.3. The lowest BCUT2D eigenvalue weighted by Crippen LogP contribution is -2.44. The maximum atomic E-state index is 12.0. The van der Waals surface area contributed by atoms with Gasteiger partial charge in [0.05, 0.1) is 0 Å². The molecule has 1 saturated heterocycles. The molecule has 0 aliphatic carbocycles. The molecule has 0 atom stereocenters. The van der Waals surface area contributed by atoms with E-state index in [2.05, 4.69) is 17.3 Å². The predicted octanol–water partition coefficient (Wildman–Crippen LogP) is 3.07. The zero-order valence-corrected chi connectivity index (χ0v) is 14.5. The summed E-state index contributed by atoms with van der Waals surface area (Å²) in [5.41, 5.74) is 0. The molecule has 1 fully saturated rings. The highest BCUT2D eigenvalue weighted by molar-refractivity contribution is 5.77. The molecule has 1 aliphatic rings. The number of carbonyl (C=O) groups excluding carboxylic acids is 1. The van der Waals surface area contributed by atoms with Gasteiger partial charge in [0.15, 0.2) is 6.61 Å². The first-order valence-electron chi connectivity index (χ1n) is 8.63. The number of rotatable bonds is 6. The van der Waals surface area contributed by atoms with Crippen LogP contribution in [0.25, 0.3) is 0 Å². The van der Waals surface area contributed by atoms with Crippen LogP contribution in [-0.4, -0.2) is 43.6 Å². The standard InChI is InChI=1S/C20H24N2O3/c1-22-13-11-16(12-14-22)21-20(23)15-24-17-7-9-19(10-8-17)25-18-5-3-2-4-6-18/h2-10,16H,11-15H2,1H3,(H,21,23). The number of hydrogen-bond acceptors (Lipinski definition) is 4. The number of likely N-dealkylation sites (tertiary alicyclic amines) is 1. The Morgan fingerprint density at radius 1 is 1.00 bits per heavy atom. The monoisotopic (exact) mass is 340 g/mol. The molecular formula is C20H24N2O3. The van der Waals surface area contributed by atoms with Crippen LogP contribution < -0.4 is 14.8 Å². The van der Waals surface area contributed by atoms with Crippen molar-refractivity contribution in [3.05, 3.63) is 54.6 Å². The fraction of sp³-hybridized carbons (Fsp3) is 0.350. The van der Waals surface area contributed by atoms with Gasteiger partial charge in [-0.1, -0.05) is 18.2 Å². The van der Waals surface area contributed by atoms with Crippen molar-refractivity contribution in [3.8, 4) is 17.2 Å². The predicted molar refractivity (Wildman–Crippen MR) is 97.1 cm³/mol. The second-order valence-corrected chi connectivity index (χ2v) is 6.32. The summed E-state index contributed by atoms with van der Waals surface area (Å²) in [6.07, 6.45) is 1.99. The Balaban J connectivity index is 1.43. The molecule has 2 aromatic rings. The van der Waals surface area contributed by atoms with Gasteiger partial charge in [-0.3, -0.25) is 4.79 Å². The van der Waals surface area contributed by atoms with Crippen molar-refractivity contribution in [1.82, 2.24) is 10.2 Å². The highest BCUT2D eigenvalue weighted by atomic mass is 16.5. The van der Waals surface area contributed by atoms with Crippen molar-refractivity contribution >= 4 is 5.91 Å². The SMILES string of the molecule is CN1CCC(NC(=O)COc2ccc(Oc3ccccc3)cc2)CC1. The van der Waals surface area contributed by atoms with Gasteiger partial charge in [0.1, 0.15) is 17.2 Å². The lowest BCUT2D eigenvalue weighted by molar-refractivity contribution is -0.124. The Bertz CT molecular complexity index is 665. The number of carbonyl (C=O) groups is 1. The Hall–Kier alpha value is -2.53. The van der Waals surface area contributed by atoms with Gasteiger partial charge in [-0.05, 0) is 69.4 Å². The van der Waals surface area contributed by atoms with Gasteiger partial charge in [0.25, 0.3) is 5.91 Å². The van der Waals surface area contributed by atoms with Gasteiger partial charge in [-0.25, -0.2) is 0 Å². The molecular weight excluding hydrogens is 316 g/mol. The summed E-state index contributed by atoms with van der Waals surface area (Å²) in [5.74, 6) is 2.10. The van der Waals surface area contributed by atoms with Gasteiger partial charge >= 0.3 is 0 Å². The van der Waals surface area contributed by atoms with E-state index in [1.807, 2.05) is 42.5 Å². The Morgan fingerprint density at radius 3 is 2.28 bits per heavy atom. The molecule has 0 unspecified atom stereocenters. The first-order chi connectivity index (χ1) is 12.2. The van der Waals surface area contributed by atoms with E-state index in [0.717, 1.165) is 37.4 Å². The van der Waals surface area contributed by atoms with Gasteiger partial charge in [-0.2, -0.15) is 0 Å². The summed E-state index contributed by atoms with van der Waals surface area (Å²) in [4.78, 5) is 14.3.